The van der Waals surface area contributed by atoms with Gasteiger partial charge < -0.3 is 10.1 Å². The summed E-state index contributed by atoms with van der Waals surface area (Å²) in [6.07, 6.45) is 4.75. The molecule has 0 aliphatic heterocycles. The molecule has 19 heavy (non-hydrogen) atoms. The van der Waals surface area contributed by atoms with Gasteiger partial charge in [-0.1, -0.05) is 6.07 Å². The van der Waals surface area contributed by atoms with E-state index in [2.05, 4.69) is 16.4 Å². The summed E-state index contributed by atoms with van der Waals surface area (Å²) in [6.45, 7) is 0. The number of hydrogen-bond donors (Lipinski definition) is 1. The Morgan fingerprint density at radius 2 is 2.32 bits per heavy atom. The third-order valence-electron chi connectivity index (χ3n) is 3.46. The van der Waals surface area contributed by atoms with Gasteiger partial charge >= 0.3 is 5.97 Å². The summed E-state index contributed by atoms with van der Waals surface area (Å²) in [5.41, 5.74) is 1.42. The van der Waals surface area contributed by atoms with Crippen LogP contribution in [0.25, 0.3) is 0 Å². The fourth-order valence-electron chi connectivity index (χ4n) is 1.97. The van der Waals surface area contributed by atoms with E-state index in [1.54, 1.807) is 0 Å². The van der Waals surface area contributed by atoms with Crippen molar-refractivity contribution in [2.75, 3.05) is 25.2 Å². The number of nitrogens with zero attached hydrogens (tertiary/aromatic N) is 1. The minimum absolute atomic E-state index is 0.0851. The molecule has 1 saturated carbocycles. The van der Waals surface area contributed by atoms with Gasteiger partial charge in [-0.25, -0.2) is 4.98 Å². The second-order valence-corrected chi connectivity index (χ2v) is 6.03. The number of thioether (sulfide) groups is 1. The zero-order valence-electron chi connectivity index (χ0n) is 11.4. The monoisotopic (exact) mass is 280 g/mol. The van der Waals surface area contributed by atoms with Crippen molar-refractivity contribution in [1.29, 1.82) is 0 Å². The molecular weight excluding hydrogens is 260 g/mol. The van der Waals surface area contributed by atoms with Crippen molar-refractivity contribution in [3.8, 4) is 0 Å². The molecule has 1 heterocycles. The molecule has 0 radical (unpaired) electrons. The van der Waals surface area contributed by atoms with Crippen molar-refractivity contribution < 1.29 is 9.53 Å². The van der Waals surface area contributed by atoms with Crippen LogP contribution in [0.5, 0.6) is 0 Å². The van der Waals surface area contributed by atoms with Crippen molar-refractivity contribution in [3.63, 3.8) is 0 Å². The lowest BCUT2D eigenvalue weighted by Gasteiger charge is -2.13. The first-order valence-electron chi connectivity index (χ1n) is 6.45. The Morgan fingerprint density at radius 3 is 2.84 bits per heavy atom. The van der Waals surface area contributed by atoms with Gasteiger partial charge in [0.2, 0.25) is 0 Å². The number of rotatable bonds is 7. The molecule has 4 nitrogen and oxygen atoms in total. The first kappa shape index (κ1) is 14.2. The molecule has 0 saturated heterocycles. The maximum atomic E-state index is 11.3. The highest BCUT2D eigenvalue weighted by molar-refractivity contribution is 7.98. The number of esters is 1. The van der Waals surface area contributed by atoms with Gasteiger partial charge in [0, 0.05) is 19.0 Å². The Balaban J connectivity index is 1.75. The van der Waals surface area contributed by atoms with E-state index in [0.717, 1.165) is 30.2 Å². The lowest BCUT2D eigenvalue weighted by Crippen LogP contribution is -2.13. The van der Waals surface area contributed by atoms with E-state index in [4.69, 9.17) is 4.74 Å². The van der Waals surface area contributed by atoms with Crippen LogP contribution < -0.4 is 5.32 Å². The Kier molecular flexibility index (Phi) is 4.69. The number of anilines is 1. The van der Waals surface area contributed by atoms with Crippen LogP contribution in [-0.4, -0.2) is 30.9 Å². The van der Waals surface area contributed by atoms with Gasteiger partial charge in [0.25, 0.3) is 0 Å². The molecule has 1 fully saturated rings. The number of methoxy groups -OCH3 is 1. The zero-order chi connectivity index (χ0) is 13.7. The standard InChI is InChI=1S/C14H20N2O2S/c1-15-12-4-3-11(8-16-12)9-19-10-14(5-6-14)7-13(17)18-2/h3-4,8H,5-7,9-10H2,1-2H3,(H,15,16). The Morgan fingerprint density at radius 1 is 1.53 bits per heavy atom. The molecule has 1 aliphatic rings. The Hall–Kier alpha value is -1.23. The predicted octanol–water partition coefficient (Wildman–Crippen LogP) is 2.70. The van der Waals surface area contributed by atoms with Crippen LogP contribution in [0.4, 0.5) is 5.82 Å². The zero-order valence-corrected chi connectivity index (χ0v) is 12.3. The van der Waals surface area contributed by atoms with Crippen molar-refractivity contribution in [2.24, 2.45) is 5.41 Å². The highest BCUT2D eigenvalue weighted by Crippen LogP contribution is 2.51. The lowest BCUT2D eigenvalue weighted by molar-refractivity contribution is -0.141. The summed E-state index contributed by atoms with van der Waals surface area (Å²) < 4.78 is 4.75. The molecule has 0 amide bonds. The van der Waals surface area contributed by atoms with Crippen LogP contribution in [0, 0.1) is 5.41 Å². The molecule has 0 aromatic carbocycles. The molecule has 1 N–H and O–H groups in total. The van der Waals surface area contributed by atoms with Gasteiger partial charge in [-0.15, -0.1) is 0 Å². The maximum Gasteiger partial charge on any atom is 0.306 e. The third kappa shape index (κ3) is 4.13. The van der Waals surface area contributed by atoms with Crippen molar-refractivity contribution in [3.05, 3.63) is 23.9 Å². The maximum absolute atomic E-state index is 11.3. The molecule has 104 valence electrons. The summed E-state index contributed by atoms with van der Waals surface area (Å²) >= 11 is 1.87. The first-order chi connectivity index (χ1) is 9.17. The van der Waals surface area contributed by atoms with Crippen LogP contribution in [0.15, 0.2) is 18.3 Å². The summed E-state index contributed by atoms with van der Waals surface area (Å²) in [4.78, 5) is 15.6. The quantitative estimate of drug-likeness (QED) is 0.778. The van der Waals surface area contributed by atoms with E-state index in [1.807, 2.05) is 31.1 Å². The second-order valence-electron chi connectivity index (χ2n) is 5.05. The van der Waals surface area contributed by atoms with Crippen LogP contribution in [0.2, 0.25) is 0 Å². The summed E-state index contributed by atoms with van der Waals surface area (Å²) in [5.74, 6) is 2.77. The number of carbonyl (C=O) groups excluding carboxylic acids is 1. The molecule has 1 aromatic heterocycles. The molecule has 1 aromatic rings. The average molecular weight is 280 g/mol. The van der Waals surface area contributed by atoms with Crippen molar-refractivity contribution in [2.45, 2.75) is 25.0 Å². The van der Waals surface area contributed by atoms with Gasteiger partial charge in [0.15, 0.2) is 0 Å². The SMILES string of the molecule is CNc1ccc(CSCC2(CC(=O)OC)CC2)cn1. The molecule has 2 rings (SSSR count). The normalized spacial score (nSPS) is 15.9. The average Bonchev–Trinajstić information content (AvgIpc) is 3.19. The number of aromatic nitrogens is 1. The van der Waals surface area contributed by atoms with E-state index in [9.17, 15) is 4.79 Å². The second kappa shape index (κ2) is 6.28. The van der Waals surface area contributed by atoms with Crippen molar-refractivity contribution in [1.82, 2.24) is 4.98 Å². The van der Waals surface area contributed by atoms with Gasteiger partial charge in [-0.3, -0.25) is 4.79 Å². The molecule has 0 spiro atoms. The van der Waals surface area contributed by atoms with Gasteiger partial charge in [-0.2, -0.15) is 11.8 Å². The highest BCUT2D eigenvalue weighted by Gasteiger charge is 2.44. The lowest BCUT2D eigenvalue weighted by atomic mass is 10.1. The predicted molar refractivity (Wildman–Crippen MR) is 78.2 cm³/mol. The highest BCUT2D eigenvalue weighted by atomic mass is 32.2. The molecule has 0 atom stereocenters. The molecule has 0 bridgehead atoms. The van der Waals surface area contributed by atoms with Crippen LogP contribution in [-0.2, 0) is 15.3 Å². The van der Waals surface area contributed by atoms with E-state index in [0.29, 0.717) is 6.42 Å². The van der Waals surface area contributed by atoms with E-state index < -0.39 is 0 Å². The van der Waals surface area contributed by atoms with E-state index in [1.165, 1.54) is 12.7 Å². The molecule has 5 heteroatoms. The largest absolute Gasteiger partial charge is 0.469 e. The van der Waals surface area contributed by atoms with Gasteiger partial charge in [0.05, 0.1) is 13.5 Å². The van der Waals surface area contributed by atoms with Crippen molar-refractivity contribution >= 4 is 23.5 Å². The van der Waals surface area contributed by atoms with Crippen LogP contribution in [0.1, 0.15) is 24.8 Å². The minimum Gasteiger partial charge on any atom is -0.469 e. The third-order valence-corrected chi connectivity index (χ3v) is 4.82. The number of carbonyl (C=O) groups is 1. The van der Waals surface area contributed by atoms with Gasteiger partial charge in [-0.05, 0) is 35.6 Å². The Bertz CT molecular complexity index is 430. The summed E-state index contributed by atoms with van der Waals surface area (Å²) in [6, 6.07) is 4.07. The fraction of sp³-hybridized carbons (Fsp3) is 0.571. The molecule has 0 unspecified atom stereocenters. The van der Waals surface area contributed by atoms with Gasteiger partial charge in [0.1, 0.15) is 5.82 Å². The number of nitrogens with one attached hydrogen (secondary N) is 1. The number of pyridine rings is 1. The minimum atomic E-state index is -0.0851. The molecular formula is C14H20N2O2S. The smallest absolute Gasteiger partial charge is 0.306 e. The van der Waals surface area contributed by atoms with E-state index >= 15 is 0 Å². The number of hydrogen-bond acceptors (Lipinski definition) is 5. The summed E-state index contributed by atoms with van der Waals surface area (Å²) in [7, 11) is 3.32. The Labute approximate surface area is 118 Å². The van der Waals surface area contributed by atoms with E-state index in [-0.39, 0.29) is 11.4 Å². The van der Waals surface area contributed by atoms with Crippen LogP contribution in [0.3, 0.4) is 0 Å². The summed E-state index contributed by atoms with van der Waals surface area (Å²) in [5, 5.41) is 3.00. The number of ether oxygens (including phenoxy) is 1. The molecule has 1 aliphatic carbocycles. The van der Waals surface area contributed by atoms with Crippen LogP contribution >= 0.6 is 11.8 Å². The first-order valence-corrected chi connectivity index (χ1v) is 7.60. The fourth-order valence-corrected chi connectivity index (χ4v) is 3.30. The topological polar surface area (TPSA) is 51.2 Å².